The van der Waals surface area contributed by atoms with Crippen LogP contribution in [0, 0.1) is 0 Å². The average Bonchev–Trinajstić information content (AvgIpc) is 2.85. The summed E-state index contributed by atoms with van der Waals surface area (Å²) in [5.74, 6) is -0.0134. The highest BCUT2D eigenvalue weighted by atomic mass is 35.5. The highest BCUT2D eigenvalue weighted by Crippen LogP contribution is 2.21. The molecule has 7 heteroatoms. The lowest BCUT2D eigenvalue weighted by Crippen LogP contribution is -2.26. The number of aromatic hydroxyl groups is 1. The quantitative estimate of drug-likeness (QED) is 0.874. The van der Waals surface area contributed by atoms with Gasteiger partial charge in [0.2, 0.25) is 6.39 Å². The molecule has 0 unspecified atom stereocenters. The van der Waals surface area contributed by atoms with Gasteiger partial charge in [-0.1, -0.05) is 16.8 Å². The van der Waals surface area contributed by atoms with Crippen LogP contribution in [0.1, 0.15) is 16.2 Å². The Labute approximate surface area is 108 Å². The first-order valence-electron chi connectivity index (χ1n) is 5.19. The maximum atomic E-state index is 11.8. The molecule has 1 amide bonds. The first kappa shape index (κ1) is 12.4. The molecule has 94 valence electrons. The lowest BCUT2D eigenvalue weighted by atomic mass is 10.2. The van der Waals surface area contributed by atoms with E-state index in [1.807, 2.05) is 0 Å². The number of rotatable bonds is 4. The Hall–Kier alpha value is -2.08. The normalized spacial score (nSPS) is 10.3. The van der Waals surface area contributed by atoms with Crippen molar-refractivity contribution >= 4 is 17.5 Å². The molecule has 0 spiro atoms. The lowest BCUT2D eigenvalue weighted by molar-refractivity contribution is 0.0951. The second-order valence-corrected chi connectivity index (χ2v) is 3.95. The average molecular weight is 268 g/mol. The molecule has 0 fully saturated rings. The fraction of sp³-hybridized carbons (Fsp3) is 0.182. The van der Waals surface area contributed by atoms with Gasteiger partial charge < -0.3 is 14.9 Å². The second-order valence-electron chi connectivity index (χ2n) is 3.51. The molecular weight excluding hydrogens is 258 g/mol. The number of aromatic nitrogens is 2. The van der Waals surface area contributed by atoms with Gasteiger partial charge in [0.15, 0.2) is 5.82 Å². The third kappa shape index (κ3) is 2.98. The Morgan fingerprint density at radius 1 is 1.50 bits per heavy atom. The van der Waals surface area contributed by atoms with Crippen molar-refractivity contribution in [2.75, 3.05) is 6.54 Å². The fourth-order valence-electron chi connectivity index (χ4n) is 1.38. The number of amides is 1. The summed E-state index contributed by atoms with van der Waals surface area (Å²) in [5.41, 5.74) is 0.135. The molecular formula is C11H10ClN3O3. The molecule has 18 heavy (non-hydrogen) atoms. The smallest absolute Gasteiger partial charge is 0.255 e. The van der Waals surface area contributed by atoms with Crippen LogP contribution in [0.25, 0.3) is 0 Å². The topological polar surface area (TPSA) is 88.3 Å². The molecule has 0 radical (unpaired) electrons. The highest BCUT2D eigenvalue weighted by Gasteiger charge is 2.11. The van der Waals surface area contributed by atoms with Gasteiger partial charge in [-0.15, -0.1) is 0 Å². The standard InChI is InChI=1S/C11H10ClN3O3/c12-7-1-2-9(16)8(5-7)11(17)13-4-3-10-14-6-18-15-10/h1-2,5-6,16H,3-4H2,(H,13,17). The summed E-state index contributed by atoms with van der Waals surface area (Å²) >= 11 is 5.75. The Bertz CT molecular complexity index is 542. The summed E-state index contributed by atoms with van der Waals surface area (Å²) in [7, 11) is 0. The van der Waals surface area contributed by atoms with Crippen molar-refractivity contribution in [1.82, 2.24) is 15.5 Å². The third-order valence-electron chi connectivity index (χ3n) is 2.24. The van der Waals surface area contributed by atoms with Crippen molar-refractivity contribution in [2.45, 2.75) is 6.42 Å². The van der Waals surface area contributed by atoms with E-state index in [0.717, 1.165) is 0 Å². The number of carbonyl (C=O) groups is 1. The SMILES string of the molecule is O=C(NCCc1ncon1)c1cc(Cl)ccc1O. The lowest BCUT2D eigenvalue weighted by Gasteiger charge is -2.05. The van der Waals surface area contributed by atoms with E-state index in [4.69, 9.17) is 11.6 Å². The number of carbonyl (C=O) groups excluding carboxylic acids is 1. The first-order valence-corrected chi connectivity index (χ1v) is 5.56. The molecule has 0 saturated carbocycles. The minimum atomic E-state index is -0.404. The number of nitrogens with zero attached hydrogens (tertiary/aromatic N) is 2. The van der Waals surface area contributed by atoms with Crippen molar-refractivity contribution in [1.29, 1.82) is 0 Å². The molecule has 6 nitrogen and oxygen atoms in total. The summed E-state index contributed by atoms with van der Waals surface area (Å²) < 4.78 is 4.56. The van der Waals surface area contributed by atoms with Crippen LogP contribution in [0.5, 0.6) is 5.75 Å². The molecule has 0 aliphatic rings. The molecule has 0 aliphatic carbocycles. The predicted molar refractivity (Wildman–Crippen MR) is 63.5 cm³/mol. The summed E-state index contributed by atoms with van der Waals surface area (Å²) in [5, 5.41) is 16.2. The highest BCUT2D eigenvalue weighted by molar-refractivity contribution is 6.31. The molecule has 1 heterocycles. The first-order chi connectivity index (χ1) is 8.66. The van der Waals surface area contributed by atoms with Crippen molar-refractivity contribution in [3.63, 3.8) is 0 Å². The van der Waals surface area contributed by atoms with Gasteiger partial charge in [0, 0.05) is 18.0 Å². The maximum absolute atomic E-state index is 11.8. The number of hydrogen-bond donors (Lipinski definition) is 2. The van der Waals surface area contributed by atoms with Gasteiger partial charge in [-0.3, -0.25) is 4.79 Å². The third-order valence-corrected chi connectivity index (χ3v) is 2.48. The number of phenolic OH excluding ortho intramolecular Hbond substituents is 1. The summed E-state index contributed by atoms with van der Waals surface area (Å²) in [6.45, 7) is 0.338. The van der Waals surface area contributed by atoms with Crippen LogP contribution in [0.15, 0.2) is 29.1 Å². The molecule has 0 aliphatic heterocycles. The summed E-state index contributed by atoms with van der Waals surface area (Å²) in [6, 6.07) is 4.28. The second kappa shape index (κ2) is 5.50. The van der Waals surface area contributed by atoms with Crippen LogP contribution in [-0.2, 0) is 6.42 Å². The van der Waals surface area contributed by atoms with Gasteiger partial charge in [-0.2, -0.15) is 4.98 Å². The number of benzene rings is 1. The monoisotopic (exact) mass is 267 g/mol. The van der Waals surface area contributed by atoms with E-state index in [9.17, 15) is 9.90 Å². The minimum Gasteiger partial charge on any atom is -0.507 e. The van der Waals surface area contributed by atoms with Gasteiger partial charge in [0.1, 0.15) is 5.75 Å². The zero-order chi connectivity index (χ0) is 13.0. The zero-order valence-electron chi connectivity index (χ0n) is 9.26. The van der Waals surface area contributed by atoms with Gasteiger partial charge >= 0.3 is 0 Å². The molecule has 2 aromatic rings. The minimum absolute atomic E-state index is 0.114. The zero-order valence-corrected chi connectivity index (χ0v) is 10.0. The van der Waals surface area contributed by atoms with Gasteiger partial charge in [-0.25, -0.2) is 0 Å². The molecule has 0 atom stereocenters. The molecule has 0 bridgehead atoms. The van der Waals surface area contributed by atoms with E-state index in [1.165, 1.54) is 24.6 Å². The molecule has 1 aromatic carbocycles. The van der Waals surface area contributed by atoms with Crippen molar-refractivity contribution in [3.8, 4) is 5.75 Å². The summed E-state index contributed by atoms with van der Waals surface area (Å²) in [4.78, 5) is 15.6. The molecule has 1 aromatic heterocycles. The summed E-state index contributed by atoms with van der Waals surface area (Å²) in [6.07, 6.45) is 1.67. The number of hydrogen-bond acceptors (Lipinski definition) is 5. The van der Waals surface area contributed by atoms with Crippen LogP contribution in [0.4, 0.5) is 0 Å². The van der Waals surface area contributed by atoms with E-state index >= 15 is 0 Å². The van der Waals surface area contributed by atoms with Gasteiger partial charge in [0.05, 0.1) is 5.56 Å². The van der Waals surface area contributed by atoms with Crippen molar-refractivity contribution in [2.24, 2.45) is 0 Å². The fourth-order valence-corrected chi connectivity index (χ4v) is 1.55. The van der Waals surface area contributed by atoms with Crippen LogP contribution >= 0.6 is 11.6 Å². The van der Waals surface area contributed by atoms with Crippen LogP contribution in [0.3, 0.4) is 0 Å². The van der Waals surface area contributed by atoms with Crippen LogP contribution in [0.2, 0.25) is 5.02 Å². The van der Waals surface area contributed by atoms with E-state index in [2.05, 4.69) is 20.0 Å². The number of phenols is 1. The maximum Gasteiger partial charge on any atom is 0.255 e. The van der Waals surface area contributed by atoms with Crippen LogP contribution < -0.4 is 5.32 Å². The largest absolute Gasteiger partial charge is 0.507 e. The van der Waals surface area contributed by atoms with E-state index in [1.54, 1.807) is 0 Å². The molecule has 0 saturated heterocycles. The Kier molecular flexibility index (Phi) is 3.78. The number of nitrogens with one attached hydrogen (secondary N) is 1. The Morgan fingerprint density at radius 3 is 3.06 bits per heavy atom. The molecule has 2 rings (SSSR count). The predicted octanol–water partition coefficient (Wildman–Crippen LogP) is 1.40. The molecule has 2 N–H and O–H groups in total. The van der Waals surface area contributed by atoms with Gasteiger partial charge in [0.25, 0.3) is 5.91 Å². The van der Waals surface area contributed by atoms with Crippen molar-refractivity contribution in [3.05, 3.63) is 41.0 Å². The van der Waals surface area contributed by atoms with Crippen LogP contribution in [-0.4, -0.2) is 27.7 Å². The van der Waals surface area contributed by atoms with E-state index in [0.29, 0.717) is 23.8 Å². The van der Waals surface area contributed by atoms with Crippen molar-refractivity contribution < 1.29 is 14.4 Å². The number of halogens is 1. The van der Waals surface area contributed by atoms with E-state index < -0.39 is 5.91 Å². The Balaban J connectivity index is 1.93. The Morgan fingerprint density at radius 2 is 2.33 bits per heavy atom. The van der Waals surface area contributed by atoms with E-state index in [-0.39, 0.29) is 11.3 Å². The van der Waals surface area contributed by atoms with Gasteiger partial charge in [-0.05, 0) is 18.2 Å².